The molecule has 2 aromatic rings. The summed E-state index contributed by atoms with van der Waals surface area (Å²) in [7, 11) is 0. The smallest absolute Gasteiger partial charge is 0.108 e. The van der Waals surface area contributed by atoms with Crippen LogP contribution in [0, 0.1) is 6.92 Å². The van der Waals surface area contributed by atoms with Crippen LogP contribution in [0.15, 0.2) is 30.5 Å². The quantitative estimate of drug-likeness (QED) is 0.825. The predicted octanol–water partition coefficient (Wildman–Crippen LogP) is 2.27. The number of imidazole rings is 1. The minimum Gasteiger partial charge on any atom is -0.342 e. The lowest BCUT2D eigenvalue weighted by molar-refractivity contribution is 0.710. The van der Waals surface area contributed by atoms with Crippen LogP contribution in [0.2, 0.25) is 0 Å². The van der Waals surface area contributed by atoms with Crippen molar-refractivity contribution in [3.05, 3.63) is 41.9 Å². The van der Waals surface area contributed by atoms with Gasteiger partial charge in [0.1, 0.15) is 5.82 Å². The summed E-state index contributed by atoms with van der Waals surface area (Å²) in [6, 6.07) is 8.41. The Morgan fingerprint density at radius 1 is 1.38 bits per heavy atom. The van der Waals surface area contributed by atoms with E-state index >= 15 is 0 Å². The molecule has 0 bridgehead atoms. The first kappa shape index (κ1) is 10.9. The summed E-state index contributed by atoms with van der Waals surface area (Å²) in [6.45, 7) is 4.08. The number of nitrogens with one attached hydrogen (secondary N) is 1. The highest BCUT2D eigenvalue weighted by Crippen LogP contribution is 2.20. The van der Waals surface area contributed by atoms with Gasteiger partial charge in [-0.05, 0) is 19.4 Å². The van der Waals surface area contributed by atoms with Crippen molar-refractivity contribution >= 4 is 0 Å². The number of H-pyrrole nitrogens is 1. The first-order chi connectivity index (χ1) is 7.66. The molecule has 0 aliphatic carbocycles. The highest BCUT2D eigenvalue weighted by atomic mass is 14.9. The summed E-state index contributed by atoms with van der Waals surface area (Å²) in [4.78, 5) is 7.65. The fourth-order valence-electron chi connectivity index (χ4n) is 1.78. The fourth-order valence-corrected chi connectivity index (χ4v) is 1.78. The molecule has 1 heterocycles. The molecular formula is C13H17N3. The maximum absolute atomic E-state index is 5.74. The van der Waals surface area contributed by atoms with Crippen LogP contribution in [0.5, 0.6) is 0 Å². The first-order valence-electron chi connectivity index (χ1n) is 5.52. The van der Waals surface area contributed by atoms with Crippen LogP contribution in [0.25, 0.3) is 11.3 Å². The standard InChI is InChI=1S/C13H17N3/c1-9-5-3-4-6-11(9)12-8-15-13(16-12)7-10(2)14/h3-6,8,10H,7,14H2,1-2H3,(H,15,16). The molecule has 3 nitrogen and oxygen atoms in total. The van der Waals surface area contributed by atoms with Crippen molar-refractivity contribution in [2.75, 3.05) is 0 Å². The molecule has 0 fully saturated rings. The molecule has 1 unspecified atom stereocenters. The van der Waals surface area contributed by atoms with Crippen molar-refractivity contribution in [1.82, 2.24) is 9.97 Å². The van der Waals surface area contributed by atoms with E-state index in [2.05, 4.69) is 29.0 Å². The molecule has 1 atom stereocenters. The van der Waals surface area contributed by atoms with E-state index in [1.807, 2.05) is 25.3 Å². The van der Waals surface area contributed by atoms with Crippen LogP contribution >= 0.6 is 0 Å². The lowest BCUT2D eigenvalue weighted by Gasteiger charge is -2.03. The zero-order valence-electron chi connectivity index (χ0n) is 9.70. The van der Waals surface area contributed by atoms with E-state index in [9.17, 15) is 0 Å². The summed E-state index contributed by atoms with van der Waals surface area (Å²) in [6.07, 6.45) is 2.66. The SMILES string of the molecule is Cc1ccccc1-c1cnc(CC(C)N)[nH]1. The largest absolute Gasteiger partial charge is 0.342 e. The fraction of sp³-hybridized carbons (Fsp3) is 0.308. The van der Waals surface area contributed by atoms with Crippen LogP contribution in [-0.2, 0) is 6.42 Å². The molecule has 2 rings (SSSR count). The van der Waals surface area contributed by atoms with Gasteiger partial charge >= 0.3 is 0 Å². The topological polar surface area (TPSA) is 54.7 Å². The molecule has 3 heteroatoms. The molecule has 0 aliphatic heterocycles. The second kappa shape index (κ2) is 4.49. The van der Waals surface area contributed by atoms with Gasteiger partial charge in [0.05, 0.1) is 11.9 Å². The molecule has 3 N–H and O–H groups in total. The molecule has 0 saturated heterocycles. The number of aromatic amines is 1. The Bertz CT molecular complexity index is 472. The minimum absolute atomic E-state index is 0.135. The second-order valence-corrected chi connectivity index (χ2v) is 4.24. The minimum atomic E-state index is 0.135. The summed E-state index contributed by atoms with van der Waals surface area (Å²) < 4.78 is 0. The number of aromatic nitrogens is 2. The Morgan fingerprint density at radius 3 is 2.81 bits per heavy atom. The monoisotopic (exact) mass is 215 g/mol. The van der Waals surface area contributed by atoms with E-state index in [1.54, 1.807) is 0 Å². The van der Waals surface area contributed by atoms with E-state index in [0.717, 1.165) is 17.9 Å². The number of nitrogens with two attached hydrogens (primary N) is 1. The van der Waals surface area contributed by atoms with Gasteiger partial charge in [0.25, 0.3) is 0 Å². The van der Waals surface area contributed by atoms with Crippen molar-refractivity contribution in [2.24, 2.45) is 5.73 Å². The third-order valence-corrected chi connectivity index (χ3v) is 2.58. The van der Waals surface area contributed by atoms with Gasteiger partial charge in [-0.2, -0.15) is 0 Å². The molecule has 16 heavy (non-hydrogen) atoms. The van der Waals surface area contributed by atoms with Gasteiger partial charge in [0.15, 0.2) is 0 Å². The number of nitrogens with zero attached hydrogens (tertiary/aromatic N) is 1. The highest BCUT2D eigenvalue weighted by molar-refractivity contribution is 5.62. The first-order valence-corrected chi connectivity index (χ1v) is 5.52. The maximum Gasteiger partial charge on any atom is 0.108 e. The number of hydrogen-bond acceptors (Lipinski definition) is 2. The Hall–Kier alpha value is -1.61. The van der Waals surface area contributed by atoms with Crippen LogP contribution in [0.3, 0.4) is 0 Å². The molecule has 0 aliphatic rings. The Morgan fingerprint density at radius 2 is 2.12 bits per heavy atom. The van der Waals surface area contributed by atoms with Crippen LogP contribution in [0.4, 0.5) is 0 Å². The number of aryl methyl sites for hydroxylation is 1. The summed E-state index contributed by atoms with van der Waals surface area (Å²) in [5.41, 5.74) is 9.25. The zero-order valence-corrected chi connectivity index (χ0v) is 9.70. The van der Waals surface area contributed by atoms with E-state index in [-0.39, 0.29) is 6.04 Å². The van der Waals surface area contributed by atoms with Crippen LogP contribution in [-0.4, -0.2) is 16.0 Å². The van der Waals surface area contributed by atoms with Gasteiger partial charge in [-0.15, -0.1) is 0 Å². The van der Waals surface area contributed by atoms with Gasteiger partial charge in [-0.1, -0.05) is 24.3 Å². The van der Waals surface area contributed by atoms with Gasteiger partial charge in [-0.25, -0.2) is 4.98 Å². The molecule has 1 aromatic carbocycles. The van der Waals surface area contributed by atoms with E-state index in [4.69, 9.17) is 5.73 Å². The van der Waals surface area contributed by atoms with Crippen molar-refractivity contribution in [2.45, 2.75) is 26.3 Å². The predicted molar refractivity (Wildman–Crippen MR) is 66.1 cm³/mol. The Labute approximate surface area is 95.7 Å². The van der Waals surface area contributed by atoms with E-state index in [1.165, 1.54) is 11.1 Å². The molecular weight excluding hydrogens is 198 g/mol. The third-order valence-electron chi connectivity index (χ3n) is 2.58. The number of hydrogen-bond donors (Lipinski definition) is 2. The molecule has 0 spiro atoms. The summed E-state index contributed by atoms with van der Waals surface area (Å²) in [5.74, 6) is 0.952. The van der Waals surface area contributed by atoms with Crippen LogP contribution in [0.1, 0.15) is 18.3 Å². The van der Waals surface area contributed by atoms with Crippen molar-refractivity contribution in [3.63, 3.8) is 0 Å². The van der Waals surface area contributed by atoms with Crippen molar-refractivity contribution < 1.29 is 0 Å². The number of benzene rings is 1. The molecule has 1 aromatic heterocycles. The molecule has 0 amide bonds. The Balaban J connectivity index is 2.28. The van der Waals surface area contributed by atoms with Crippen molar-refractivity contribution in [3.8, 4) is 11.3 Å². The third kappa shape index (κ3) is 2.31. The maximum atomic E-state index is 5.74. The average Bonchev–Trinajstić information content (AvgIpc) is 2.66. The average molecular weight is 215 g/mol. The molecule has 0 saturated carbocycles. The summed E-state index contributed by atoms with van der Waals surface area (Å²) >= 11 is 0. The van der Waals surface area contributed by atoms with Crippen LogP contribution < -0.4 is 5.73 Å². The van der Waals surface area contributed by atoms with Crippen molar-refractivity contribution in [1.29, 1.82) is 0 Å². The molecule has 0 radical (unpaired) electrons. The number of rotatable bonds is 3. The van der Waals surface area contributed by atoms with E-state index < -0.39 is 0 Å². The van der Waals surface area contributed by atoms with Gasteiger partial charge in [0, 0.05) is 18.0 Å². The Kier molecular flexibility index (Phi) is 3.06. The van der Waals surface area contributed by atoms with Gasteiger partial charge < -0.3 is 10.7 Å². The normalized spacial score (nSPS) is 12.7. The summed E-state index contributed by atoms with van der Waals surface area (Å²) in [5, 5.41) is 0. The lowest BCUT2D eigenvalue weighted by Crippen LogP contribution is -2.18. The second-order valence-electron chi connectivity index (χ2n) is 4.24. The highest BCUT2D eigenvalue weighted by Gasteiger charge is 2.06. The zero-order chi connectivity index (χ0) is 11.5. The van der Waals surface area contributed by atoms with Gasteiger partial charge in [0.2, 0.25) is 0 Å². The van der Waals surface area contributed by atoms with Gasteiger partial charge in [-0.3, -0.25) is 0 Å². The molecule has 84 valence electrons. The lowest BCUT2D eigenvalue weighted by atomic mass is 10.1. The van der Waals surface area contributed by atoms with E-state index in [0.29, 0.717) is 0 Å².